The number of pyridine rings is 1. The first-order chi connectivity index (χ1) is 16.6. The zero-order valence-electron chi connectivity index (χ0n) is 18.4. The highest BCUT2D eigenvalue weighted by molar-refractivity contribution is 6.03. The summed E-state index contributed by atoms with van der Waals surface area (Å²) in [5, 5.41) is 15.3. The first-order valence-electron chi connectivity index (χ1n) is 10.2. The number of anilines is 3. The molecule has 0 bridgehead atoms. The molecule has 9 heteroatoms. The molecule has 1 amide bonds. The van der Waals surface area contributed by atoms with Gasteiger partial charge in [0, 0.05) is 41.5 Å². The molecule has 0 spiro atoms. The molecule has 2 aromatic carbocycles. The zero-order valence-corrected chi connectivity index (χ0v) is 18.4. The van der Waals surface area contributed by atoms with Gasteiger partial charge in [0.15, 0.2) is 0 Å². The van der Waals surface area contributed by atoms with Crippen molar-refractivity contribution in [2.75, 3.05) is 24.9 Å². The van der Waals surface area contributed by atoms with Gasteiger partial charge in [0.05, 0.1) is 25.5 Å². The van der Waals surface area contributed by atoms with Gasteiger partial charge in [-0.15, -0.1) is 0 Å². The molecule has 4 aromatic rings. The van der Waals surface area contributed by atoms with Crippen molar-refractivity contribution in [2.24, 2.45) is 0 Å². The van der Waals surface area contributed by atoms with Crippen LogP contribution < -0.4 is 20.1 Å². The van der Waals surface area contributed by atoms with Crippen LogP contribution >= 0.6 is 0 Å². The van der Waals surface area contributed by atoms with E-state index in [0.29, 0.717) is 45.8 Å². The number of nitriles is 1. The number of rotatable bonds is 7. The SMILES string of the molecule is COc1cc(NC(=O)c2ccccn2)cc(Nc2nccc(-c3ccc(OC)c(C#N)c3)n2)c1. The lowest BCUT2D eigenvalue weighted by Crippen LogP contribution is -2.13. The van der Waals surface area contributed by atoms with Crippen molar-refractivity contribution in [3.8, 4) is 28.8 Å². The van der Waals surface area contributed by atoms with E-state index in [4.69, 9.17) is 9.47 Å². The third-order valence-corrected chi connectivity index (χ3v) is 4.83. The van der Waals surface area contributed by atoms with Crippen LogP contribution in [0.5, 0.6) is 11.5 Å². The quantitative estimate of drug-likeness (QED) is 0.422. The topological polar surface area (TPSA) is 122 Å². The number of carbonyl (C=O) groups excluding carboxylic acids is 1. The molecule has 2 aromatic heterocycles. The second-order valence-electron chi connectivity index (χ2n) is 7.04. The van der Waals surface area contributed by atoms with Crippen molar-refractivity contribution in [1.29, 1.82) is 5.26 Å². The van der Waals surface area contributed by atoms with Gasteiger partial charge in [0.1, 0.15) is 23.3 Å². The normalized spacial score (nSPS) is 10.1. The summed E-state index contributed by atoms with van der Waals surface area (Å²) < 4.78 is 10.6. The minimum absolute atomic E-state index is 0.298. The van der Waals surface area contributed by atoms with E-state index in [0.717, 1.165) is 5.56 Å². The van der Waals surface area contributed by atoms with Crippen molar-refractivity contribution < 1.29 is 14.3 Å². The van der Waals surface area contributed by atoms with Crippen molar-refractivity contribution >= 4 is 23.2 Å². The molecule has 0 saturated carbocycles. The average Bonchev–Trinajstić information content (AvgIpc) is 2.88. The minimum Gasteiger partial charge on any atom is -0.497 e. The van der Waals surface area contributed by atoms with E-state index in [9.17, 15) is 10.1 Å². The van der Waals surface area contributed by atoms with Crippen molar-refractivity contribution in [3.63, 3.8) is 0 Å². The molecule has 2 N–H and O–H groups in total. The Kier molecular flexibility index (Phi) is 6.60. The number of benzene rings is 2. The third-order valence-electron chi connectivity index (χ3n) is 4.83. The van der Waals surface area contributed by atoms with Gasteiger partial charge in [-0.05, 0) is 42.5 Å². The number of hydrogen-bond acceptors (Lipinski definition) is 8. The largest absolute Gasteiger partial charge is 0.497 e. The van der Waals surface area contributed by atoms with Gasteiger partial charge in [-0.3, -0.25) is 9.78 Å². The number of nitrogens with one attached hydrogen (secondary N) is 2. The van der Waals surface area contributed by atoms with Gasteiger partial charge in [0.25, 0.3) is 5.91 Å². The molecular weight excluding hydrogens is 432 g/mol. The van der Waals surface area contributed by atoms with Crippen LogP contribution in [-0.2, 0) is 0 Å². The Labute approximate surface area is 196 Å². The van der Waals surface area contributed by atoms with Gasteiger partial charge in [0.2, 0.25) is 5.95 Å². The monoisotopic (exact) mass is 452 g/mol. The number of carbonyl (C=O) groups is 1. The second kappa shape index (κ2) is 10.1. The average molecular weight is 452 g/mol. The van der Waals surface area contributed by atoms with Crippen LogP contribution in [0, 0.1) is 11.3 Å². The fourth-order valence-corrected chi connectivity index (χ4v) is 3.22. The first-order valence-corrected chi connectivity index (χ1v) is 10.2. The second-order valence-corrected chi connectivity index (χ2v) is 7.04. The lowest BCUT2D eigenvalue weighted by molar-refractivity contribution is 0.102. The predicted molar refractivity (Wildman–Crippen MR) is 127 cm³/mol. The van der Waals surface area contributed by atoms with Crippen LogP contribution in [0.25, 0.3) is 11.3 Å². The van der Waals surface area contributed by atoms with E-state index in [1.807, 2.05) is 6.07 Å². The highest BCUT2D eigenvalue weighted by atomic mass is 16.5. The van der Waals surface area contributed by atoms with Crippen LogP contribution in [0.1, 0.15) is 16.1 Å². The molecule has 0 atom stereocenters. The predicted octanol–water partition coefficient (Wildman–Crippen LogP) is 4.42. The van der Waals surface area contributed by atoms with Gasteiger partial charge in [-0.2, -0.15) is 5.26 Å². The number of hydrogen-bond donors (Lipinski definition) is 2. The van der Waals surface area contributed by atoms with E-state index in [-0.39, 0.29) is 5.91 Å². The molecule has 4 rings (SSSR count). The molecule has 0 unspecified atom stereocenters. The highest BCUT2D eigenvalue weighted by Gasteiger charge is 2.11. The van der Waals surface area contributed by atoms with Crippen LogP contribution in [0.4, 0.5) is 17.3 Å². The molecular formula is C25H20N6O3. The molecule has 0 radical (unpaired) electrons. The molecule has 0 fully saturated rings. The summed E-state index contributed by atoms with van der Waals surface area (Å²) >= 11 is 0. The van der Waals surface area contributed by atoms with E-state index in [1.54, 1.807) is 67.0 Å². The standard InChI is InChI=1S/C25H20N6O3/c1-33-20-13-18(29-24(32)22-5-3-4-9-27-22)12-19(14-20)30-25-28-10-8-21(31-25)16-6-7-23(34-2)17(11-16)15-26/h3-14H,1-2H3,(H,29,32)(H,28,30,31). The fourth-order valence-electron chi connectivity index (χ4n) is 3.22. The van der Waals surface area contributed by atoms with Crippen LogP contribution in [0.15, 0.2) is 73.1 Å². The highest BCUT2D eigenvalue weighted by Crippen LogP contribution is 2.28. The molecule has 0 aliphatic rings. The Bertz CT molecular complexity index is 1370. The molecule has 2 heterocycles. The molecule has 168 valence electrons. The Morgan fingerprint density at radius 3 is 2.53 bits per heavy atom. The van der Waals surface area contributed by atoms with Crippen molar-refractivity contribution in [3.05, 3.63) is 84.3 Å². The maximum Gasteiger partial charge on any atom is 0.274 e. The van der Waals surface area contributed by atoms with Gasteiger partial charge in [-0.1, -0.05) is 6.07 Å². The zero-order chi connectivity index (χ0) is 23.9. The van der Waals surface area contributed by atoms with Crippen molar-refractivity contribution in [2.45, 2.75) is 0 Å². The van der Waals surface area contributed by atoms with Crippen LogP contribution in [-0.4, -0.2) is 35.1 Å². The molecule has 0 aliphatic heterocycles. The summed E-state index contributed by atoms with van der Waals surface area (Å²) in [6.07, 6.45) is 3.17. The van der Waals surface area contributed by atoms with Gasteiger partial charge < -0.3 is 20.1 Å². The Balaban J connectivity index is 1.59. The van der Waals surface area contributed by atoms with Gasteiger partial charge in [-0.25, -0.2) is 9.97 Å². The summed E-state index contributed by atoms with van der Waals surface area (Å²) in [5.41, 5.74) is 3.21. The van der Waals surface area contributed by atoms with Gasteiger partial charge >= 0.3 is 0 Å². The van der Waals surface area contributed by atoms with E-state index in [1.165, 1.54) is 14.2 Å². The molecule has 34 heavy (non-hydrogen) atoms. The third kappa shape index (κ3) is 5.08. The van der Waals surface area contributed by atoms with Crippen LogP contribution in [0.2, 0.25) is 0 Å². The first kappa shape index (κ1) is 22.2. The molecule has 0 saturated heterocycles. The number of methoxy groups -OCH3 is 2. The molecule has 9 nitrogen and oxygen atoms in total. The number of nitrogens with zero attached hydrogens (tertiary/aromatic N) is 4. The summed E-state index contributed by atoms with van der Waals surface area (Å²) in [6, 6.07) is 19.4. The smallest absolute Gasteiger partial charge is 0.274 e. The molecule has 0 aliphatic carbocycles. The maximum atomic E-state index is 12.5. The van der Waals surface area contributed by atoms with E-state index in [2.05, 4.69) is 31.7 Å². The van der Waals surface area contributed by atoms with E-state index < -0.39 is 0 Å². The Morgan fingerprint density at radius 1 is 0.941 bits per heavy atom. The Morgan fingerprint density at radius 2 is 1.79 bits per heavy atom. The summed E-state index contributed by atoms with van der Waals surface area (Å²) in [6.45, 7) is 0. The number of ether oxygens (including phenoxy) is 2. The van der Waals surface area contributed by atoms with Crippen molar-refractivity contribution in [1.82, 2.24) is 15.0 Å². The lowest BCUT2D eigenvalue weighted by atomic mass is 10.1. The van der Waals surface area contributed by atoms with Crippen LogP contribution in [0.3, 0.4) is 0 Å². The summed E-state index contributed by atoms with van der Waals surface area (Å²) in [7, 11) is 3.06. The lowest BCUT2D eigenvalue weighted by Gasteiger charge is -2.12. The fraction of sp³-hybridized carbons (Fsp3) is 0.0800. The Hall–Kier alpha value is -4.97. The number of aromatic nitrogens is 3. The summed E-state index contributed by atoms with van der Waals surface area (Å²) in [5.74, 6) is 1.02. The summed E-state index contributed by atoms with van der Waals surface area (Å²) in [4.78, 5) is 25.4. The maximum absolute atomic E-state index is 12.5. The number of amides is 1. The van der Waals surface area contributed by atoms with E-state index >= 15 is 0 Å². The minimum atomic E-state index is -0.342.